The van der Waals surface area contributed by atoms with Crippen molar-refractivity contribution in [2.75, 3.05) is 106 Å². The second-order valence-corrected chi connectivity index (χ2v) is 34.9. The van der Waals surface area contributed by atoms with Gasteiger partial charge in [-0.25, -0.2) is 0 Å². The minimum atomic E-state index is -0.231. The molecular formula is C107H107N9O13. The van der Waals surface area contributed by atoms with E-state index in [4.69, 9.17) is 14.2 Å². The van der Waals surface area contributed by atoms with Gasteiger partial charge in [-0.2, -0.15) is 0 Å². The van der Waals surface area contributed by atoms with E-state index >= 15 is 0 Å². The molecule has 10 heterocycles. The van der Waals surface area contributed by atoms with Crippen LogP contribution < -0.4 is 0 Å². The highest BCUT2D eigenvalue weighted by molar-refractivity contribution is 5.96. The lowest BCUT2D eigenvalue weighted by Crippen LogP contribution is -2.73. The third-order valence-corrected chi connectivity index (χ3v) is 26.5. The first-order valence-electron chi connectivity index (χ1n) is 44.6. The highest BCUT2D eigenvalue weighted by Gasteiger charge is 2.59. The number of fused-ring (bicyclic) bond motifs is 4. The van der Waals surface area contributed by atoms with Crippen LogP contribution in [0.1, 0.15) is 151 Å². The molecule has 0 unspecified atom stereocenters. The van der Waals surface area contributed by atoms with E-state index in [-0.39, 0.29) is 165 Å². The molecule has 1 aromatic heterocycles. The van der Waals surface area contributed by atoms with Crippen LogP contribution in [0, 0.1) is 73.0 Å². The van der Waals surface area contributed by atoms with Crippen molar-refractivity contribution >= 4 is 47.3 Å². The first-order chi connectivity index (χ1) is 62.8. The van der Waals surface area contributed by atoms with Crippen molar-refractivity contribution in [2.24, 2.45) is 11.8 Å². The molecule has 8 aromatic carbocycles. The van der Waals surface area contributed by atoms with E-state index in [0.717, 1.165) is 92.4 Å². The van der Waals surface area contributed by atoms with Gasteiger partial charge in [0.1, 0.15) is 12.2 Å². The largest absolute Gasteiger partial charge is 0.394 e. The number of carbonyl (C=O) groups is 8. The minimum Gasteiger partial charge on any atom is -0.394 e. The minimum absolute atomic E-state index is 0.0120. The van der Waals surface area contributed by atoms with Crippen molar-refractivity contribution in [3.63, 3.8) is 0 Å². The average Bonchev–Trinajstić information content (AvgIpc) is 1.24. The zero-order valence-corrected chi connectivity index (χ0v) is 73.4. The molecule has 10 aliphatic rings. The summed E-state index contributed by atoms with van der Waals surface area (Å²) in [7, 11) is 3.32. The number of piperazine rings is 4. The highest BCUT2D eigenvalue weighted by Crippen LogP contribution is 2.48. The lowest BCUT2D eigenvalue weighted by molar-refractivity contribution is -0.169. The summed E-state index contributed by atoms with van der Waals surface area (Å²) in [5, 5.41) is 19.8. The Morgan fingerprint density at radius 3 is 1.12 bits per heavy atom. The molecule has 658 valence electrons. The van der Waals surface area contributed by atoms with Crippen molar-refractivity contribution in [3.8, 4) is 47.4 Å². The van der Waals surface area contributed by atoms with Crippen molar-refractivity contribution in [1.29, 1.82) is 0 Å². The van der Waals surface area contributed by atoms with Gasteiger partial charge in [0.2, 0.25) is 41.4 Å². The smallest absolute Gasteiger partial charge is 0.272 e. The lowest BCUT2D eigenvalue weighted by Gasteiger charge is -2.59. The average molecular weight is 1730 g/mol. The number of amides is 8. The summed E-state index contributed by atoms with van der Waals surface area (Å²) < 4.78 is 16.3. The summed E-state index contributed by atoms with van der Waals surface area (Å²) in [6.07, 6.45) is 5.87. The molecule has 19 rings (SSSR count). The number of nitrogens with zero attached hydrogens (tertiary/aromatic N) is 9. The number of benzene rings is 8. The molecule has 129 heavy (non-hydrogen) atoms. The number of aliphatic hydroxyl groups excluding tert-OH is 2. The number of rotatable bonds is 14. The molecule has 0 bridgehead atoms. The predicted molar refractivity (Wildman–Crippen MR) is 488 cm³/mol. The molecule has 8 amide bonds. The molecule has 9 saturated heterocycles. The topological polar surface area (TPSA) is 244 Å². The van der Waals surface area contributed by atoms with Crippen molar-refractivity contribution < 1.29 is 62.8 Å². The summed E-state index contributed by atoms with van der Waals surface area (Å²) in [5.41, 5.74) is 14.8. The highest BCUT2D eigenvalue weighted by atomic mass is 16.5. The van der Waals surface area contributed by atoms with E-state index in [1.54, 1.807) is 68.0 Å². The number of aromatic nitrogens is 1. The van der Waals surface area contributed by atoms with Gasteiger partial charge >= 0.3 is 0 Å². The Labute approximate surface area is 754 Å². The van der Waals surface area contributed by atoms with Gasteiger partial charge < -0.3 is 63.6 Å². The monoisotopic (exact) mass is 1730 g/mol. The molecule has 1 saturated carbocycles. The van der Waals surface area contributed by atoms with Gasteiger partial charge in [-0.05, 0) is 188 Å². The van der Waals surface area contributed by atoms with Crippen molar-refractivity contribution in [1.82, 2.24) is 44.2 Å². The maximum absolute atomic E-state index is 13.1. The Kier molecular flexibility index (Phi) is 28.2. The van der Waals surface area contributed by atoms with Crippen LogP contribution in [0.4, 0.5) is 0 Å². The molecule has 12 atom stereocenters. The SMILES string of the molecule is CC(=O)N1CC(=O)N2[C@@H](CO)[C@@H](c3ccc(C#Cc4cccc(C)c4)cc3)[C@@H]2C1.COC[C@@H]1[C@H](c2ccc(C#Cc3cccc(C)c3)cc2)[C@H]2CN(C(=O)C3CCOCC3)CC(=O)N12.COC[C@H]1[C@@H](c2ccc(C#Cc3ccccc3)cc2)[C@@H]2CN(C(=O)c3ccccn3)CC(=O)N12.O=C(CC1CC1)N1CC(=O)N2[C@H](C1)[C@H](c1ccc(C#Cc3ccccc3)cc1)[C@@H]2CO. The molecule has 0 radical (unpaired) electrons. The number of methoxy groups -OCH3 is 2. The Morgan fingerprint density at radius 2 is 0.736 bits per heavy atom. The van der Waals surface area contributed by atoms with E-state index < -0.39 is 0 Å². The molecule has 0 spiro atoms. The molecular weight excluding hydrogens is 1620 g/mol. The Balaban J connectivity index is 0.000000126. The van der Waals surface area contributed by atoms with Gasteiger partial charge in [-0.3, -0.25) is 43.3 Å². The number of pyridine rings is 1. The first-order valence-corrected chi connectivity index (χ1v) is 44.6. The molecule has 10 fully saturated rings. The van der Waals surface area contributed by atoms with Gasteiger partial charge in [-0.15, -0.1) is 0 Å². The third-order valence-electron chi connectivity index (χ3n) is 26.5. The summed E-state index contributed by atoms with van der Waals surface area (Å²) in [6.45, 7) is 10.2. The molecule has 9 aromatic rings. The van der Waals surface area contributed by atoms with Crippen LogP contribution in [0.25, 0.3) is 0 Å². The van der Waals surface area contributed by atoms with Crippen molar-refractivity contribution in [3.05, 3.63) is 314 Å². The van der Waals surface area contributed by atoms with Crippen molar-refractivity contribution in [2.45, 2.75) is 125 Å². The maximum atomic E-state index is 13.1. The predicted octanol–water partition coefficient (Wildman–Crippen LogP) is 10.2. The Bertz CT molecular complexity index is 5850. The second kappa shape index (κ2) is 40.8. The maximum Gasteiger partial charge on any atom is 0.272 e. The van der Waals surface area contributed by atoms with E-state index in [2.05, 4.69) is 102 Å². The number of hydrogen-bond acceptors (Lipinski definition) is 14. The summed E-state index contributed by atoms with van der Waals surface area (Å²) >= 11 is 0. The second-order valence-electron chi connectivity index (χ2n) is 34.9. The number of ether oxygens (including phenoxy) is 3. The van der Waals surface area contributed by atoms with E-state index in [1.165, 1.54) is 18.1 Å². The van der Waals surface area contributed by atoms with Crippen LogP contribution in [0.3, 0.4) is 0 Å². The normalized spacial score (nSPS) is 23.3. The lowest BCUT2D eigenvalue weighted by atomic mass is 9.73. The van der Waals surface area contributed by atoms with Gasteiger partial charge in [-0.1, -0.05) is 163 Å². The van der Waals surface area contributed by atoms with Gasteiger partial charge in [0.05, 0.1) is 94.4 Å². The summed E-state index contributed by atoms with van der Waals surface area (Å²) in [5.74, 6) is 26.0. The Morgan fingerprint density at radius 1 is 0.395 bits per heavy atom. The molecule has 1 aliphatic carbocycles. The van der Waals surface area contributed by atoms with Crippen LogP contribution in [-0.4, -0.2) is 256 Å². The van der Waals surface area contributed by atoms with Gasteiger partial charge in [0.15, 0.2) is 0 Å². The fourth-order valence-electron chi connectivity index (χ4n) is 19.8. The molecule has 22 heteroatoms. The Hall–Kier alpha value is -13.3. The van der Waals surface area contributed by atoms with Crippen LogP contribution in [0.2, 0.25) is 0 Å². The molecule has 9 aliphatic heterocycles. The number of aryl methyl sites for hydroxylation is 2. The number of carbonyl (C=O) groups excluding carboxylic acids is 8. The van der Waals surface area contributed by atoms with Crippen LogP contribution in [-0.2, 0) is 47.8 Å². The van der Waals surface area contributed by atoms with Crippen LogP contribution in [0.15, 0.2) is 231 Å². The third kappa shape index (κ3) is 20.3. The quantitative estimate of drug-likeness (QED) is 0.0963. The van der Waals surface area contributed by atoms with E-state index in [0.29, 0.717) is 70.6 Å². The van der Waals surface area contributed by atoms with E-state index in [1.807, 2.05) is 181 Å². The zero-order chi connectivity index (χ0) is 89.8. The van der Waals surface area contributed by atoms with E-state index in [9.17, 15) is 48.6 Å². The van der Waals surface area contributed by atoms with Gasteiger partial charge in [0.25, 0.3) is 5.91 Å². The standard InChI is InChI=1S/C29H32N2O4.C28H25N3O3.C26H26N2O3.C24H24N2O3/c1-20-4-3-5-22(16-20)7-6-21-8-10-23(11-9-21)28-25-17-30(29(33)24-12-14-35-15-13-24)18-27(32)31(25)26(28)19-34-2;1-34-19-25-27(22-14-12-21(13-15-22)11-10-20-7-3-2-4-8-20)24-17-30(18-26(32)31(24)25)28(33)23-9-5-6-16-29-23;29-17-23-26(21-12-10-19(11-13-21)7-6-18-4-2-1-3-5-18)22-15-27(16-25(31)28(22)23)24(30)14-20-8-9-20;1-16-4-3-5-19(12-16)7-6-18-8-10-20(11-9-18)24-21-13-25(17(2)28)14-23(29)26(21)22(24)15-27/h3-5,8-11,16,24-26,28H,12-15,17-19H2,1-2H3;2-9,12-16,24-25,27H,17-19H2,1H3;1-5,10-13,20,22-23,26,29H,8-9,14-17H2;3-5,8-12,21-22,24,27H,13-15H2,1-2H3/t25-,26-,28-;24-,25-,27-;22-,23+,26+;21-,22-,24-/m1010/s1. The molecule has 22 nitrogen and oxygen atoms in total. The number of hydrogen-bond donors (Lipinski definition) is 2. The number of aliphatic hydroxyl groups is 2. The fourth-order valence-corrected chi connectivity index (χ4v) is 19.8. The summed E-state index contributed by atoms with van der Waals surface area (Å²) in [6, 6.07) is 73.0. The molecule has 2 N–H and O–H groups in total. The summed E-state index contributed by atoms with van der Waals surface area (Å²) in [4.78, 5) is 120. The zero-order valence-electron chi connectivity index (χ0n) is 73.4. The first kappa shape index (κ1) is 89.1. The van der Waals surface area contributed by atoms with Gasteiger partial charge in [0, 0.05) is 147 Å². The van der Waals surface area contributed by atoms with Crippen LogP contribution >= 0.6 is 0 Å². The fraction of sp³-hybridized carbons (Fsp3) is 0.355. The van der Waals surface area contributed by atoms with Crippen LogP contribution in [0.5, 0.6) is 0 Å².